The number of hydrogen-bond donors (Lipinski definition) is 2. The lowest BCUT2D eigenvalue weighted by Gasteiger charge is -2.12. The quantitative estimate of drug-likeness (QED) is 0.674. The van der Waals surface area contributed by atoms with Crippen LogP contribution in [0.4, 0.5) is 5.69 Å². The minimum atomic E-state index is -0.193. The Labute approximate surface area is 176 Å². The van der Waals surface area contributed by atoms with Crippen LogP contribution in [0.5, 0.6) is 11.5 Å². The first-order chi connectivity index (χ1) is 13.5. The first-order valence-electron chi connectivity index (χ1n) is 8.91. The van der Waals surface area contributed by atoms with Gasteiger partial charge in [-0.3, -0.25) is 9.59 Å². The van der Waals surface area contributed by atoms with Crippen LogP contribution in [0.15, 0.2) is 40.9 Å². The molecular weight excluding hydrogens is 448 g/mol. The first-order valence-corrected chi connectivity index (χ1v) is 10.1. The number of amides is 2. The molecule has 0 saturated heterocycles. The number of benzene rings is 2. The number of carbonyl (C=O) groups excluding carboxylic acids is 2. The molecule has 28 heavy (non-hydrogen) atoms. The molecule has 0 radical (unpaired) electrons. The summed E-state index contributed by atoms with van der Waals surface area (Å²) in [5, 5.41) is 5.95. The third-order valence-corrected chi connectivity index (χ3v) is 4.84. The zero-order valence-electron chi connectivity index (χ0n) is 15.1. The summed E-state index contributed by atoms with van der Waals surface area (Å²) in [5.41, 5.74) is 1.44. The first kappa shape index (κ1) is 20.5. The number of halogens is 2. The van der Waals surface area contributed by atoms with Gasteiger partial charge in [0.25, 0.3) is 0 Å². The summed E-state index contributed by atoms with van der Waals surface area (Å²) < 4.78 is 12.1. The van der Waals surface area contributed by atoms with Crippen molar-refractivity contribution in [3.63, 3.8) is 0 Å². The molecule has 0 atom stereocenters. The Hall–Kier alpha value is -2.25. The topological polar surface area (TPSA) is 76.7 Å². The summed E-state index contributed by atoms with van der Waals surface area (Å²) >= 11 is 9.59. The van der Waals surface area contributed by atoms with E-state index in [-0.39, 0.29) is 31.2 Å². The number of ether oxygens (including phenoxy) is 2. The second kappa shape index (κ2) is 9.80. The van der Waals surface area contributed by atoms with Crippen LogP contribution < -0.4 is 20.1 Å². The SMILES string of the molecule is O=C(Cc1cc(Cl)c2c(c1)OCCCO2)NCCC(=O)Nc1ccc(Br)cc1. The van der Waals surface area contributed by atoms with Crippen LogP contribution >= 0.6 is 27.5 Å². The highest BCUT2D eigenvalue weighted by molar-refractivity contribution is 9.10. The fourth-order valence-corrected chi connectivity index (χ4v) is 3.26. The summed E-state index contributed by atoms with van der Waals surface area (Å²) in [6, 6.07) is 10.8. The van der Waals surface area contributed by atoms with Gasteiger partial charge >= 0.3 is 0 Å². The molecule has 2 N–H and O–H groups in total. The minimum Gasteiger partial charge on any atom is -0.489 e. The highest BCUT2D eigenvalue weighted by atomic mass is 79.9. The molecule has 8 heteroatoms. The van der Waals surface area contributed by atoms with E-state index in [2.05, 4.69) is 26.6 Å². The third-order valence-electron chi connectivity index (χ3n) is 4.03. The number of fused-ring (bicyclic) bond motifs is 1. The Morgan fingerprint density at radius 1 is 1.07 bits per heavy atom. The maximum atomic E-state index is 12.2. The van der Waals surface area contributed by atoms with E-state index in [0.717, 1.165) is 16.5 Å². The van der Waals surface area contributed by atoms with E-state index in [4.69, 9.17) is 21.1 Å². The Balaban J connectivity index is 1.46. The van der Waals surface area contributed by atoms with Gasteiger partial charge < -0.3 is 20.1 Å². The Morgan fingerprint density at radius 3 is 2.61 bits per heavy atom. The maximum Gasteiger partial charge on any atom is 0.226 e. The molecule has 2 amide bonds. The maximum absolute atomic E-state index is 12.2. The van der Waals surface area contributed by atoms with Crippen molar-refractivity contribution in [2.45, 2.75) is 19.3 Å². The summed E-state index contributed by atoms with van der Waals surface area (Å²) in [4.78, 5) is 24.1. The van der Waals surface area contributed by atoms with Gasteiger partial charge in [-0.05, 0) is 42.0 Å². The van der Waals surface area contributed by atoms with Gasteiger partial charge in [0.05, 0.1) is 24.7 Å². The molecule has 0 spiro atoms. The van der Waals surface area contributed by atoms with Crippen LogP contribution in [0.3, 0.4) is 0 Å². The van der Waals surface area contributed by atoms with Crippen molar-refractivity contribution >= 4 is 45.0 Å². The Morgan fingerprint density at radius 2 is 1.82 bits per heavy atom. The Bertz CT molecular complexity index is 858. The fraction of sp³-hybridized carbons (Fsp3) is 0.300. The predicted octanol–water partition coefficient (Wildman–Crippen LogP) is 3.95. The number of hydrogen-bond acceptors (Lipinski definition) is 4. The van der Waals surface area contributed by atoms with Gasteiger partial charge in [0.1, 0.15) is 0 Å². The van der Waals surface area contributed by atoms with Gasteiger partial charge in [-0.25, -0.2) is 0 Å². The molecule has 1 aliphatic rings. The van der Waals surface area contributed by atoms with Crippen LogP contribution in [-0.2, 0) is 16.0 Å². The van der Waals surface area contributed by atoms with Gasteiger partial charge in [0, 0.05) is 29.5 Å². The monoisotopic (exact) mass is 466 g/mol. The number of carbonyl (C=O) groups is 2. The molecule has 0 bridgehead atoms. The largest absolute Gasteiger partial charge is 0.489 e. The van der Waals surface area contributed by atoms with Crippen molar-refractivity contribution < 1.29 is 19.1 Å². The summed E-state index contributed by atoms with van der Waals surface area (Å²) in [7, 11) is 0. The molecule has 0 unspecified atom stereocenters. The standard InChI is InChI=1S/C20H20BrClN2O4/c21-14-2-4-15(5-3-14)24-18(25)6-7-23-19(26)12-13-10-16(22)20-17(11-13)27-8-1-9-28-20/h2-5,10-11H,1,6-9,12H2,(H,23,26)(H,24,25). The van der Waals surface area contributed by atoms with Crippen LogP contribution in [-0.4, -0.2) is 31.6 Å². The van der Waals surface area contributed by atoms with Crippen molar-refractivity contribution in [3.05, 3.63) is 51.5 Å². The molecule has 0 saturated carbocycles. The van der Waals surface area contributed by atoms with Gasteiger partial charge in [0.2, 0.25) is 11.8 Å². The number of rotatable bonds is 6. The molecule has 2 aromatic rings. The number of nitrogens with one attached hydrogen (secondary N) is 2. The highest BCUT2D eigenvalue weighted by Crippen LogP contribution is 2.38. The van der Waals surface area contributed by atoms with Gasteiger partial charge in [-0.2, -0.15) is 0 Å². The van der Waals surface area contributed by atoms with Gasteiger partial charge in [-0.15, -0.1) is 0 Å². The predicted molar refractivity (Wildman–Crippen MR) is 111 cm³/mol. The molecule has 0 aliphatic carbocycles. The van der Waals surface area contributed by atoms with E-state index in [1.165, 1.54) is 0 Å². The summed E-state index contributed by atoms with van der Waals surface area (Å²) in [5.74, 6) is 0.720. The van der Waals surface area contributed by atoms with E-state index in [0.29, 0.717) is 35.4 Å². The second-order valence-electron chi connectivity index (χ2n) is 6.29. The van der Waals surface area contributed by atoms with Crippen molar-refractivity contribution in [2.75, 3.05) is 25.1 Å². The normalized spacial score (nSPS) is 12.8. The zero-order chi connectivity index (χ0) is 19.9. The lowest BCUT2D eigenvalue weighted by Crippen LogP contribution is -2.28. The minimum absolute atomic E-state index is 0.144. The van der Waals surface area contributed by atoms with Crippen LogP contribution in [0.1, 0.15) is 18.4 Å². The second-order valence-corrected chi connectivity index (χ2v) is 7.61. The molecule has 6 nitrogen and oxygen atoms in total. The van der Waals surface area contributed by atoms with E-state index in [9.17, 15) is 9.59 Å². The summed E-state index contributed by atoms with van der Waals surface area (Å²) in [6.07, 6.45) is 1.11. The van der Waals surface area contributed by atoms with Crippen molar-refractivity contribution in [3.8, 4) is 11.5 Å². The van der Waals surface area contributed by atoms with Gasteiger partial charge in [0.15, 0.2) is 11.5 Å². The molecular formula is C20H20BrClN2O4. The zero-order valence-corrected chi connectivity index (χ0v) is 17.4. The number of anilines is 1. The van der Waals surface area contributed by atoms with E-state index >= 15 is 0 Å². The van der Waals surface area contributed by atoms with Crippen molar-refractivity contribution in [2.24, 2.45) is 0 Å². The lowest BCUT2D eigenvalue weighted by atomic mass is 10.1. The fourth-order valence-electron chi connectivity index (χ4n) is 2.71. The molecule has 1 heterocycles. The van der Waals surface area contributed by atoms with E-state index in [1.54, 1.807) is 24.3 Å². The van der Waals surface area contributed by atoms with Crippen LogP contribution in [0.2, 0.25) is 5.02 Å². The van der Waals surface area contributed by atoms with Crippen molar-refractivity contribution in [1.82, 2.24) is 5.32 Å². The molecule has 0 fully saturated rings. The lowest BCUT2D eigenvalue weighted by molar-refractivity contribution is -0.120. The molecule has 0 aromatic heterocycles. The molecule has 2 aromatic carbocycles. The van der Waals surface area contributed by atoms with Gasteiger partial charge in [-0.1, -0.05) is 27.5 Å². The van der Waals surface area contributed by atoms with E-state index in [1.807, 2.05) is 12.1 Å². The third kappa shape index (κ3) is 5.87. The average Bonchev–Trinajstić information content (AvgIpc) is 2.89. The molecule has 3 rings (SSSR count). The Kier molecular flexibility index (Phi) is 7.17. The smallest absolute Gasteiger partial charge is 0.226 e. The van der Waals surface area contributed by atoms with Crippen LogP contribution in [0, 0.1) is 0 Å². The summed E-state index contributed by atoms with van der Waals surface area (Å²) in [6.45, 7) is 1.35. The molecule has 148 valence electrons. The van der Waals surface area contributed by atoms with Crippen molar-refractivity contribution in [1.29, 1.82) is 0 Å². The van der Waals surface area contributed by atoms with E-state index < -0.39 is 0 Å². The van der Waals surface area contributed by atoms with Crippen LogP contribution in [0.25, 0.3) is 0 Å². The molecule has 1 aliphatic heterocycles. The highest BCUT2D eigenvalue weighted by Gasteiger charge is 2.16. The average molecular weight is 468 g/mol.